The molecule has 0 radical (unpaired) electrons. The molecule has 2 unspecified atom stereocenters. The average Bonchev–Trinajstić information content (AvgIpc) is 2.40. The van der Waals surface area contributed by atoms with Crippen LogP contribution in [0.2, 0.25) is 0 Å². The van der Waals surface area contributed by atoms with Crippen LogP contribution in [0.3, 0.4) is 0 Å². The number of rotatable bonds is 4. The van der Waals surface area contributed by atoms with Crippen LogP contribution in [0.4, 0.5) is 11.4 Å². The SMILES string of the molecule is CSC1CCCCC1Nc1ccc(S(N)(=O)=O)cc1N. The van der Waals surface area contributed by atoms with E-state index in [1.165, 1.54) is 31.4 Å². The third-order valence-corrected chi connectivity index (χ3v) is 5.78. The molecule has 1 saturated carbocycles. The second kappa shape index (κ2) is 6.24. The number of benzene rings is 1. The lowest BCUT2D eigenvalue weighted by Gasteiger charge is -2.32. The zero-order chi connectivity index (χ0) is 14.8. The van der Waals surface area contributed by atoms with E-state index in [0.717, 1.165) is 12.1 Å². The van der Waals surface area contributed by atoms with Crippen LogP contribution in [0.25, 0.3) is 0 Å². The van der Waals surface area contributed by atoms with Gasteiger partial charge in [0.15, 0.2) is 0 Å². The number of nitrogens with two attached hydrogens (primary N) is 2. The molecule has 0 spiro atoms. The molecule has 1 fully saturated rings. The van der Waals surface area contributed by atoms with Crippen molar-refractivity contribution in [2.24, 2.45) is 5.14 Å². The number of nitrogen functional groups attached to an aromatic ring is 1. The largest absolute Gasteiger partial charge is 0.397 e. The van der Waals surface area contributed by atoms with Crippen LogP contribution in [-0.2, 0) is 10.0 Å². The second-order valence-corrected chi connectivity index (χ2v) is 7.74. The van der Waals surface area contributed by atoms with Crippen molar-refractivity contribution in [3.05, 3.63) is 18.2 Å². The minimum Gasteiger partial charge on any atom is -0.397 e. The summed E-state index contributed by atoms with van der Waals surface area (Å²) < 4.78 is 22.6. The molecule has 1 aromatic rings. The molecule has 2 atom stereocenters. The molecule has 2 rings (SSSR count). The smallest absolute Gasteiger partial charge is 0.238 e. The van der Waals surface area contributed by atoms with Crippen molar-refractivity contribution in [3.63, 3.8) is 0 Å². The van der Waals surface area contributed by atoms with E-state index in [1.807, 2.05) is 11.8 Å². The van der Waals surface area contributed by atoms with Crippen LogP contribution in [-0.4, -0.2) is 26.0 Å². The van der Waals surface area contributed by atoms with E-state index in [9.17, 15) is 8.42 Å². The van der Waals surface area contributed by atoms with Gasteiger partial charge in [0.25, 0.3) is 0 Å². The topological polar surface area (TPSA) is 98.2 Å². The Hall–Kier alpha value is -0.920. The minimum atomic E-state index is -3.70. The van der Waals surface area contributed by atoms with Crippen LogP contribution in [0, 0.1) is 0 Å². The monoisotopic (exact) mass is 315 g/mol. The highest BCUT2D eigenvalue weighted by Gasteiger charge is 2.24. The van der Waals surface area contributed by atoms with Crippen molar-refractivity contribution in [2.45, 2.75) is 41.9 Å². The van der Waals surface area contributed by atoms with Gasteiger partial charge in [-0.3, -0.25) is 0 Å². The fourth-order valence-electron chi connectivity index (χ4n) is 2.59. The van der Waals surface area contributed by atoms with Crippen LogP contribution < -0.4 is 16.2 Å². The first-order valence-electron chi connectivity index (χ1n) is 6.63. The van der Waals surface area contributed by atoms with E-state index in [-0.39, 0.29) is 4.90 Å². The Morgan fingerprint density at radius 2 is 2.00 bits per heavy atom. The molecule has 0 saturated heterocycles. The van der Waals surface area contributed by atoms with E-state index >= 15 is 0 Å². The van der Waals surface area contributed by atoms with E-state index in [2.05, 4.69) is 11.6 Å². The first kappa shape index (κ1) is 15.5. The van der Waals surface area contributed by atoms with Crippen molar-refractivity contribution >= 4 is 33.2 Å². The van der Waals surface area contributed by atoms with Gasteiger partial charge in [-0.1, -0.05) is 12.8 Å². The van der Waals surface area contributed by atoms with Gasteiger partial charge in [-0.25, -0.2) is 13.6 Å². The highest BCUT2D eigenvalue weighted by molar-refractivity contribution is 7.99. The van der Waals surface area contributed by atoms with Crippen molar-refractivity contribution in [3.8, 4) is 0 Å². The highest BCUT2D eigenvalue weighted by atomic mass is 32.2. The van der Waals surface area contributed by atoms with Gasteiger partial charge < -0.3 is 11.1 Å². The Balaban J connectivity index is 2.17. The molecular formula is C13H21N3O2S2. The van der Waals surface area contributed by atoms with Gasteiger partial charge >= 0.3 is 0 Å². The Bertz CT molecular complexity index is 575. The van der Waals surface area contributed by atoms with Crippen LogP contribution in [0.15, 0.2) is 23.1 Å². The Morgan fingerprint density at radius 3 is 2.60 bits per heavy atom. The molecule has 0 amide bonds. The van der Waals surface area contributed by atoms with Crippen molar-refractivity contribution in [2.75, 3.05) is 17.3 Å². The molecule has 7 heteroatoms. The molecule has 20 heavy (non-hydrogen) atoms. The second-order valence-electron chi connectivity index (χ2n) is 5.10. The molecule has 0 aliphatic heterocycles. The zero-order valence-electron chi connectivity index (χ0n) is 11.5. The summed E-state index contributed by atoms with van der Waals surface area (Å²) in [5.74, 6) is 0. The molecule has 0 bridgehead atoms. The van der Waals surface area contributed by atoms with Gasteiger partial charge in [-0.2, -0.15) is 11.8 Å². The van der Waals surface area contributed by atoms with Gasteiger partial charge in [0.05, 0.1) is 16.3 Å². The van der Waals surface area contributed by atoms with Gasteiger partial charge in [-0.05, 0) is 37.3 Å². The summed E-state index contributed by atoms with van der Waals surface area (Å²) in [4.78, 5) is 0.0469. The maximum absolute atomic E-state index is 11.3. The summed E-state index contributed by atoms with van der Waals surface area (Å²) in [7, 11) is -3.70. The number of hydrogen-bond donors (Lipinski definition) is 3. The van der Waals surface area contributed by atoms with E-state index < -0.39 is 10.0 Å². The Labute approximate surface area is 124 Å². The van der Waals surface area contributed by atoms with Crippen molar-refractivity contribution < 1.29 is 8.42 Å². The predicted octanol–water partition coefficient (Wildman–Crippen LogP) is 2.00. The highest BCUT2D eigenvalue weighted by Crippen LogP contribution is 2.31. The van der Waals surface area contributed by atoms with Crippen LogP contribution >= 0.6 is 11.8 Å². The van der Waals surface area contributed by atoms with Gasteiger partial charge in [0.2, 0.25) is 10.0 Å². The standard InChI is InChI=1S/C13H21N3O2S2/c1-19-13-5-3-2-4-12(13)16-11-7-6-9(8-10(11)14)20(15,17)18/h6-8,12-13,16H,2-5,14H2,1H3,(H2,15,17,18). The number of hydrogen-bond acceptors (Lipinski definition) is 5. The minimum absolute atomic E-state index is 0.0469. The quantitative estimate of drug-likeness (QED) is 0.738. The summed E-state index contributed by atoms with van der Waals surface area (Å²) in [6.45, 7) is 0. The molecular weight excluding hydrogens is 294 g/mol. The van der Waals surface area contributed by atoms with Crippen LogP contribution in [0.5, 0.6) is 0 Å². The van der Waals surface area contributed by atoms with Crippen LogP contribution in [0.1, 0.15) is 25.7 Å². The molecule has 1 aromatic carbocycles. The number of sulfonamides is 1. The summed E-state index contributed by atoms with van der Waals surface area (Å²) in [6.07, 6.45) is 6.92. The third kappa shape index (κ3) is 3.59. The average molecular weight is 315 g/mol. The number of thioether (sulfide) groups is 1. The Kier molecular flexibility index (Phi) is 4.82. The molecule has 1 aliphatic carbocycles. The third-order valence-electron chi connectivity index (χ3n) is 3.70. The van der Waals surface area contributed by atoms with Gasteiger partial charge in [-0.15, -0.1) is 0 Å². The van der Waals surface area contributed by atoms with E-state index in [0.29, 0.717) is 17.0 Å². The molecule has 0 heterocycles. The fraction of sp³-hybridized carbons (Fsp3) is 0.538. The number of primary sulfonamides is 1. The lowest BCUT2D eigenvalue weighted by atomic mass is 9.94. The van der Waals surface area contributed by atoms with Gasteiger partial charge in [0.1, 0.15) is 0 Å². The lowest BCUT2D eigenvalue weighted by Crippen LogP contribution is -2.34. The molecule has 0 aromatic heterocycles. The van der Waals surface area contributed by atoms with Crippen molar-refractivity contribution in [1.82, 2.24) is 0 Å². The Morgan fingerprint density at radius 1 is 1.30 bits per heavy atom. The first-order valence-corrected chi connectivity index (χ1v) is 9.47. The summed E-state index contributed by atoms with van der Waals surface area (Å²) in [5, 5.41) is 9.11. The maximum Gasteiger partial charge on any atom is 0.238 e. The number of nitrogens with one attached hydrogen (secondary N) is 1. The zero-order valence-corrected chi connectivity index (χ0v) is 13.1. The summed E-state index contributed by atoms with van der Waals surface area (Å²) in [5.41, 5.74) is 7.13. The predicted molar refractivity (Wildman–Crippen MR) is 85.4 cm³/mol. The van der Waals surface area contributed by atoms with Crippen molar-refractivity contribution in [1.29, 1.82) is 0 Å². The van der Waals surface area contributed by atoms with E-state index in [4.69, 9.17) is 10.9 Å². The first-order chi connectivity index (χ1) is 9.41. The summed E-state index contributed by atoms with van der Waals surface area (Å²) in [6, 6.07) is 4.97. The van der Waals surface area contributed by atoms with Gasteiger partial charge in [0, 0.05) is 11.3 Å². The van der Waals surface area contributed by atoms with E-state index in [1.54, 1.807) is 6.07 Å². The normalized spacial score (nSPS) is 23.5. The number of anilines is 2. The fourth-order valence-corrected chi connectivity index (χ4v) is 4.08. The molecule has 5 N–H and O–H groups in total. The summed E-state index contributed by atoms with van der Waals surface area (Å²) >= 11 is 1.87. The molecule has 112 valence electrons. The molecule has 1 aliphatic rings. The molecule has 5 nitrogen and oxygen atoms in total. The maximum atomic E-state index is 11.3. The lowest BCUT2D eigenvalue weighted by molar-refractivity contribution is 0.475.